The lowest BCUT2D eigenvalue weighted by Gasteiger charge is -2.26. The molecule has 3 heterocycles. The van der Waals surface area contributed by atoms with Crippen LogP contribution in [0.2, 0.25) is 0 Å². The SMILES string of the molecule is O=C(c1cncc(NC[C@H]2COc3ccccc3C2)n1)N1CCOCC1. The molecule has 136 valence electrons. The number of benzene rings is 1. The molecular formula is C19H22N4O3. The number of rotatable bonds is 4. The van der Waals surface area contributed by atoms with Crippen LogP contribution in [0.25, 0.3) is 0 Å². The van der Waals surface area contributed by atoms with Crippen molar-refractivity contribution in [2.75, 3.05) is 44.8 Å². The van der Waals surface area contributed by atoms with Crippen LogP contribution in [0.15, 0.2) is 36.7 Å². The van der Waals surface area contributed by atoms with Gasteiger partial charge in [-0.25, -0.2) is 4.98 Å². The number of carbonyl (C=O) groups is 1. The Kier molecular flexibility index (Phi) is 4.97. The van der Waals surface area contributed by atoms with Crippen LogP contribution in [0.4, 0.5) is 5.82 Å². The van der Waals surface area contributed by atoms with Crippen molar-refractivity contribution < 1.29 is 14.3 Å². The average Bonchev–Trinajstić information content (AvgIpc) is 2.72. The average molecular weight is 354 g/mol. The molecule has 2 aliphatic rings. The van der Waals surface area contributed by atoms with Crippen molar-refractivity contribution in [3.63, 3.8) is 0 Å². The number of carbonyl (C=O) groups excluding carboxylic acids is 1. The lowest BCUT2D eigenvalue weighted by Crippen LogP contribution is -2.41. The summed E-state index contributed by atoms with van der Waals surface area (Å²) in [6.07, 6.45) is 4.12. The van der Waals surface area contributed by atoms with Crippen molar-refractivity contribution in [1.29, 1.82) is 0 Å². The van der Waals surface area contributed by atoms with Gasteiger partial charge in [-0.15, -0.1) is 0 Å². The van der Waals surface area contributed by atoms with Gasteiger partial charge in [0, 0.05) is 25.6 Å². The normalized spacial score (nSPS) is 19.4. The summed E-state index contributed by atoms with van der Waals surface area (Å²) in [7, 11) is 0. The van der Waals surface area contributed by atoms with Gasteiger partial charge in [0.15, 0.2) is 0 Å². The zero-order valence-corrected chi connectivity index (χ0v) is 14.6. The van der Waals surface area contributed by atoms with Crippen LogP contribution in [0.3, 0.4) is 0 Å². The van der Waals surface area contributed by atoms with Crippen molar-refractivity contribution in [3.05, 3.63) is 47.9 Å². The quantitative estimate of drug-likeness (QED) is 0.899. The van der Waals surface area contributed by atoms with Gasteiger partial charge in [-0.3, -0.25) is 9.78 Å². The van der Waals surface area contributed by atoms with E-state index >= 15 is 0 Å². The number of para-hydroxylation sites is 1. The fraction of sp³-hybridized carbons (Fsp3) is 0.421. The van der Waals surface area contributed by atoms with Gasteiger partial charge >= 0.3 is 0 Å². The third kappa shape index (κ3) is 3.77. The van der Waals surface area contributed by atoms with Crippen molar-refractivity contribution in [2.45, 2.75) is 6.42 Å². The van der Waals surface area contributed by atoms with Crippen molar-refractivity contribution in [1.82, 2.24) is 14.9 Å². The molecule has 1 fully saturated rings. The van der Waals surface area contributed by atoms with Gasteiger partial charge in [-0.1, -0.05) is 18.2 Å². The molecule has 26 heavy (non-hydrogen) atoms. The maximum Gasteiger partial charge on any atom is 0.274 e. The van der Waals surface area contributed by atoms with E-state index in [9.17, 15) is 4.79 Å². The van der Waals surface area contributed by atoms with Crippen molar-refractivity contribution in [3.8, 4) is 5.75 Å². The lowest BCUT2D eigenvalue weighted by atomic mass is 9.97. The molecule has 7 nitrogen and oxygen atoms in total. The fourth-order valence-electron chi connectivity index (χ4n) is 3.25. The highest BCUT2D eigenvalue weighted by molar-refractivity contribution is 5.92. The monoisotopic (exact) mass is 354 g/mol. The number of anilines is 1. The molecule has 2 aliphatic heterocycles. The number of nitrogens with zero attached hydrogens (tertiary/aromatic N) is 3. The Balaban J connectivity index is 1.36. The van der Waals surface area contributed by atoms with Gasteiger partial charge in [0.05, 0.1) is 32.2 Å². The largest absolute Gasteiger partial charge is 0.493 e. The maximum absolute atomic E-state index is 12.5. The summed E-state index contributed by atoms with van der Waals surface area (Å²) in [5, 5.41) is 3.29. The molecule has 1 aromatic carbocycles. The molecule has 7 heteroatoms. The van der Waals surface area contributed by atoms with Gasteiger partial charge in [0.1, 0.15) is 17.3 Å². The van der Waals surface area contributed by atoms with E-state index < -0.39 is 0 Å². The number of morpholine rings is 1. The first-order valence-corrected chi connectivity index (χ1v) is 8.93. The molecule has 0 bridgehead atoms. The Bertz CT molecular complexity index is 777. The van der Waals surface area contributed by atoms with Crippen molar-refractivity contribution in [2.24, 2.45) is 5.92 Å². The number of amides is 1. The molecule has 4 rings (SSSR count). The summed E-state index contributed by atoms with van der Waals surface area (Å²) in [4.78, 5) is 22.9. The minimum Gasteiger partial charge on any atom is -0.493 e. The number of hydrogen-bond donors (Lipinski definition) is 1. The summed E-state index contributed by atoms with van der Waals surface area (Å²) >= 11 is 0. The van der Waals surface area contributed by atoms with Crippen molar-refractivity contribution >= 4 is 11.7 Å². The molecule has 2 aromatic rings. The van der Waals surface area contributed by atoms with Gasteiger partial charge in [0.25, 0.3) is 5.91 Å². The third-order valence-corrected chi connectivity index (χ3v) is 4.68. The van der Waals surface area contributed by atoms with E-state index in [0.717, 1.165) is 18.7 Å². The molecular weight excluding hydrogens is 332 g/mol. The van der Waals surface area contributed by atoms with Gasteiger partial charge < -0.3 is 19.7 Å². The van der Waals surface area contributed by atoms with Gasteiger partial charge in [-0.05, 0) is 18.1 Å². The van der Waals surface area contributed by atoms with E-state index in [1.54, 1.807) is 11.1 Å². The van der Waals surface area contributed by atoms with E-state index in [4.69, 9.17) is 9.47 Å². The Morgan fingerprint density at radius 2 is 2.08 bits per heavy atom. The zero-order chi connectivity index (χ0) is 17.8. The summed E-state index contributed by atoms with van der Waals surface area (Å²) < 4.78 is 11.1. The number of aromatic nitrogens is 2. The molecule has 0 unspecified atom stereocenters. The molecule has 1 amide bonds. The molecule has 0 aliphatic carbocycles. The highest BCUT2D eigenvalue weighted by Crippen LogP contribution is 2.26. The Morgan fingerprint density at radius 1 is 1.23 bits per heavy atom. The highest BCUT2D eigenvalue weighted by Gasteiger charge is 2.21. The molecule has 0 saturated carbocycles. The highest BCUT2D eigenvalue weighted by atomic mass is 16.5. The van der Waals surface area contributed by atoms with Gasteiger partial charge in [-0.2, -0.15) is 0 Å². The van der Waals surface area contributed by atoms with Crippen LogP contribution < -0.4 is 10.1 Å². The number of ether oxygens (including phenoxy) is 2. The van der Waals surface area contributed by atoms with Crippen LogP contribution in [0.5, 0.6) is 5.75 Å². The molecule has 1 saturated heterocycles. The zero-order valence-electron chi connectivity index (χ0n) is 14.6. The van der Waals surface area contributed by atoms with Crippen LogP contribution in [-0.2, 0) is 11.2 Å². The van der Waals surface area contributed by atoms with Crippen LogP contribution >= 0.6 is 0 Å². The number of fused-ring (bicyclic) bond motifs is 1. The van der Waals surface area contributed by atoms with E-state index in [-0.39, 0.29) is 5.91 Å². The second-order valence-electron chi connectivity index (χ2n) is 6.56. The third-order valence-electron chi connectivity index (χ3n) is 4.68. The van der Waals surface area contributed by atoms with E-state index in [0.29, 0.717) is 50.3 Å². The van der Waals surface area contributed by atoms with Crippen LogP contribution in [0, 0.1) is 5.92 Å². The second kappa shape index (κ2) is 7.70. The predicted octanol–water partition coefficient (Wildman–Crippen LogP) is 1.61. The summed E-state index contributed by atoms with van der Waals surface area (Å²) in [5.74, 6) is 1.84. The van der Waals surface area contributed by atoms with Crippen LogP contribution in [0.1, 0.15) is 16.1 Å². The minimum absolute atomic E-state index is 0.0978. The first-order valence-electron chi connectivity index (χ1n) is 8.93. The summed E-state index contributed by atoms with van der Waals surface area (Å²) in [6.45, 7) is 3.72. The fourth-order valence-corrected chi connectivity index (χ4v) is 3.25. The topological polar surface area (TPSA) is 76.6 Å². The molecule has 1 aromatic heterocycles. The Labute approximate surface area is 152 Å². The smallest absolute Gasteiger partial charge is 0.274 e. The van der Waals surface area contributed by atoms with E-state index in [2.05, 4.69) is 21.4 Å². The van der Waals surface area contributed by atoms with Gasteiger partial charge in [0.2, 0.25) is 0 Å². The predicted molar refractivity (Wildman–Crippen MR) is 96.4 cm³/mol. The summed E-state index contributed by atoms with van der Waals surface area (Å²) in [6, 6.07) is 8.13. The molecule has 1 atom stereocenters. The Hall–Kier alpha value is -2.67. The summed E-state index contributed by atoms with van der Waals surface area (Å²) in [5.41, 5.74) is 1.59. The minimum atomic E-state index is -0.0978. The first kappa shape index (κ1) is 16.8. The first-order chi connectivity index (χ1) is 12.8. The number of nitrogens with one attached hydrogen (secondary N) is 1. The number of hydrogen-bond acceptors (Lipinski definition) is 6. The molecule has 0 radical (unpaired) electrons. The molecule has 1 N–H and O–H groups in total. The second-order valence-corrected chi connectivity index (χ2v) is 6.56. The molecule has 0 spiro atoms. The van der Waals surface area contributed by atoms with E-state index in [1.807, 2.05) is 18.2 Å². The van der Waals surface area contributed by atoms with Crippen LogP contribution in [-0.4, -0.2) is 60.2 Å². The maximum atomic E-state index is 12.5. The standard InChI is InChI=1S/C19H22N4O3/c24-19(23-5-7-25-8-6-23)16-11-20-12-18(22-16)21-10-14-9-15-3-1-2-4-17(15)26-13-14/h1-4,11-12,14H,5-10,13H2,(H,21,22)/t14-/m0/s1. The lowest BCUT2D eigenvalue weighted by molar-refractivity contribution is 0.0299. The van der Waals surface area contributed by atoms with E-state index in [1.165, 1.54) is 11.8 Å². The Morgan fingerprint density at radius 3 is 2.96 bits per heavy atom.